The summed E-state index contributed by atoms with van der Waals surface area (Å²) in [5.74, 6) is 0.588. The van der Waals surface area contributed by atoms with Gasteiger partial charge < -0.3 is 4.90 Å². The van der Waals surface area contributed by atoms with Crippen molar-refractivity contribution < 1.29 is 4.79 Å². The Hall–Kier alpha value is -1.02. The second-order valence-electron chi connectivity index (χ2n) is 5.34. The van der Waals surface area contributed by atoms with Gasteiger partial charge in [-0.3, -0.25) is 4.79 Å². The average molecular weight is 282 g/mol. The topological polar surface area (TPSA) is 20.3 Å². The molecule has 0 bridgehead atoms. The van der Waals surface area contributed by atoms with E-state index in [1.54, 1.807) is 6.07 Å². The molecule has 0 unspecified atom stereocenters. The number of rotatable bonds is 7. The molecule has 0 amide bonds. The minimum atomic E-state index is 0.514. The van der Waals surface area contributed by atoms with Crippen molar-refractivity contribution in [3.05, 3.63) is 28.8 Å². The van der Waals surface area contributed by atoms with E-state index in [2.05, 4.69) is 32.6 Å². The Morgan fingerprint density at radius 3 is 2.32 bits per heavy atom. The Kier molecular flexibility index (Phi) is 6.36. The highest BCUT2D eigenvalue weighted by atomic mass is 35.5. The molecular formula is C16H24ClNO. The van der Waals surface area contributed by atoms with Crippen LogP contribution in [0.4, 0.5) is 5.69 Å². The first-order chi connectivity index (χ1) is 9.03. The van der Waals surface area contributed by atoms with Gasteiger partial charge >= 0.3 is 0 Å². The molecule has 1 rings (SSSR count). The summed E-state index contributed by atoms with van der Waals surface area (Å²) in [4.78, 5) is 13.2. The Balaban J connectivity index is 3.09. The molecule has 0 aromatic heterocycles. The molecule has 0 saturated heterocycles. The van der Waals surface area contributed by atoms with E-state index in [-0.39, 0.29) is 0 Å². The molecule has 2 nitrogen and oxygen atoms in total. The molecule has 0 aliphatic rings. The third-order valence-corrected chi connectivity index (χ3v) is 3.72. The Morgan fingerprint density at radius 2 is 1.89 bits per heavy atom. The minimum absolute atomic E-state index is 0.514. The number of aldehydes is 1. The summed E-state index contributed by atoms with van der Waals surface area (Å²) >= 11 is 6.14. The first-order valence-corrected chi connectivity index (χ1v) is 7.42. The van der Waals surface area contributed by atoms with Crippen molar-refractivity contribution in [2.24, 2.45) is 5.92 Å². The zero-order chi connectivity index (χ0) is 14.4. The maximum absolute atomic E-state index is 10.8. The van der Waals surface area contributed by atoms with Gasteiger partial charge in [-0.25, -0.2) is 0 Å². The maximum Gasteiger partial charge on any atom is 0.151 e. The van der Waals surface area contributed by atoms with Gasteiger partial charge in [0.25, 0.3) is 0 Å². The van der Waals surface area contributed by atoms with Gasteiger partial charge in [0.15, 0.2) is 6.29 Å². The molecule has 0 atom stereocenters. The number of anilines is 1. The minimum Gasteiger partial charge on any atom is -0.368 e. The molecule has 1 aromatic carbocycles. The van der Waals surface area contributed by atoms with Crippen LogP contribution in [-0.2, 0) is 0 Å². The third-order valence-electron chi connectivity index (χ3n) is 3.39. The molecule has 0 fully saturated rings. The number of carbonyl (C=O) groups is 1. The first-order valence-electron chi connectivity index (χ1n) is 7.04. The lowest BCUT2D eigenvalue weighted by Crippen LogP contribution is -2.37. The fraction of sp³-hybridized carbons (Fsp3) is 0.562. The lowest BCUT2D eigenvalue weighted by Gasteiger charge is -2.34. The standard InChI is InChI=1S/C16H24ClNO/c1-5-14(6-2)18(10-12(3)4)15-8-7-13(11-19)16(17)9-15/h7-9,11-12,14H,5-6,10H2,1-4H3. The van der Waals surface area contributed by atoms with Crippen molar-refractivity contribution in [1.82, 2.24) is 0 Å². The van der Waals surface area contributed by atoms with Crippen LogP contribution in [0.1, 0.15) is 50.9 Å². The predicted molar refractivity (Wildman–Crippen MR) is 83.4 cm³/mol. The summed E-state index contributed by atoms with van der Waals surface area (Å²) < 4.78 is 0. The zero-order valence-corrected chi connectivity index (χ0v) is 13.1. The number of nitrogens with zero attached hydrogens (tertiary/aromatic N) is 1. The largest absolute Gasteiger partial charge is 0.368 e. The van der Waals surface area contributed by atoms with Crippen LogP contribution in [0, 0.1) is 5.92 Å². The monoisotopic (exact) mass is 281 g/mol. The highest BCUT2D eigenvalue weighted by molar-refractivity contribution is 6.33. The van der Waals surface area contributed by atoms with E-state index in [4.69, 9.17) is 11.6 Å². The van der Waals surface area contributed by atoms with Gasteiger partial charge in [-0.1, -0.05) is 39.3 Å². The predicted octanol–water partition coefficient (Wildman–Crippen LogP) is 4.80. The average Bonchev–Trinajstić information content (AvgIpc) is 2.38. The maximum atomic E-state index is 10.8. The van der Waals surface area contributed by atoms with Crippen LogP contribution in [0.25, 0.3) is 0 Å². The number of hydrogen-bond acceptors (Lipinski definition) is 2. The van der Waals surface area contributed by atoms with Crippen molar-refractivity contribution in [3.63, 3.8) is 0 Å². The van der Waals surface area contributed by atoms with Crippen molar-refractivity contribution in [2.45, 2.75) is 46.6 Å². The van der Waals surface area contributed by atoms with Gasteiger partial charge in [0.05, 0.1) is 5.02 Å². The second kappa shape index (κ2) is 7.54. The molecule has 1 aromatic rings. The molecular weight excluding hydrogens is 258 g/mol. The van der Waals surface area contributed by atoms with E-state index in [1.165, 1.54) is 0 Å². The van der Waals surface area contributed by atoms with E-state index in [0.29, 0.717) is 22.5 Å². The lowest BCUT2D eigenvalue weighted by molar-refractivity contribution is 0.112. The lowest BCUT2D eigenvalue weighted by atomic mass is 10.1. The Labute approximate surface area is 121 Å². The molecule has 0 radical (unpaired) electrons. The van der Waals surface area contributed by atoms with Crippen LogP contribution < -0.4 is 4.90 Å². The molecule has 0 aliphatic carbocycles. The SMILES string of the molecule is CCC(CC)N(CC(C)C)c1ccc(C=O)c(Cl)c1. The molecule has 0 saturated carbocycles. The van der Waals surface area contributed by atoms with Crippen molar-refractivity contribution in [2.75, 3.05) is 11.4 Å². The van der Waals surface area contributed by atoms with Crippen molar-refractivity contribution >= 4 is 23.6 Å². The molecule has 106 valence electrons. The number of benzene rings is 1. The molecule has 19 heavy (non-hydrogen) atoms. The van der Waals surface area contributed by atoms with E-state index >= 15 is 0 Å². The number of hydrogen-bond donors (Lipinski definition) is 0. The molecule has 3 heteroatoms. The highest BCUT2D eigenvalue weighted by Crippen LogP contribution is 2.26. The van der Waals surface area contributed by atoms with Gasteiger partial charge in [-0.2, -0.15) is 0 Å². The highest BCUT2D eigenvalue weighted by Gasteiger charge is 2.17. The van der Waals surface area contributed by atoms with Gasteiger partial charge in [0, 0.05) is 23.8 Å². The van der Waals surface area contributed by atoms with E-state index < -0.39 is 0 Å². The van der Waals surface area contributed by atoms with Crippen LogP contribution in [0.2, 0.25) is 5.02 Å². The quantitative estimate of drug-likeness (QED) is 0.669. The normalized spacial score (nSPS) is 11.1. The van der Waals surface area contributed by atoms with Crippen molar-refractivity contribution in [1.29, 1.82) is 0 Å². The molecule has 0 aliphatic heterocycles. The van der Waals surface area contributed by atoms with Crippen LogP contribution in [0.15, 0.2) is 18.2 Å². The number of carbonyl (C=O) groups excluding carboxylic acids is 1. The molecule has 0 spiro atoms. The summed E-state index contributed by atoms with van der Waals surface area (Å²) in [6.45, 7) is 9.86. The smallest absolute Gasteiger partial charge is 0.151 e. The third kappa shape index (κ3) is 4.24. The Bertz CT molecular complexity index is 413. The van der Waals surface area contributed by atoms with Crippen LogP contribution in [0.3, 0.4) is 0 Å². The van der Waals surface area contributed by atoms with Crippen LogP contribution >= 0.6 is 11.6 Å². The zero-order valence-electron chi connectivity index (χ0n) is 12.3. The molecule has 0 heterocycles. The summed E-state index contributed by atoms with van der Waals surface area (Å²) in [6, 6.07) is 6.23. The fourth-order valence-corrected chi connectivity index (χ4v) is 2.60. The van der Waals surface area contributed by atoms with Gasteiger partial charge in [-0.15, -0.1) is 0 Å². The van der Waals surface area contributed by atoms with Crippen LogP contribution in [-0.4, -0.2) is 18.9 Å². The summed E-state index contributed by atoms with van der Waals surface area (Å²) in [5, 5.41) is 0.534. The van der Waals surface area contributed by atoms with Gasteiger partial charge in [0.1, 0.15) is 0 Å². The van der Waals surface area contributed by atoms with E-state index in [1.807, 2.05) is 12.1 Å². The molecule has 0 N–H and O–H groups in total. The van der Waals surface area contributed by atoms with Crippen LogP contribution in [0.5, 0.6) is 0 Å². The summed E-state index contributed by atoms with van der Waals surface area (Å²) in [6.07, 6.45) is 3.02. The summed E-state index contributed by atoms with van der Waals surface area (Å²) in [5.41, 5.74) is 1.66. The van der Waals surface area contributed by atoms with Crippen molar-refractivity contribution in [3.8, 4) is 0 Å². The second-order valence-corrected chi connectivity index (χ2v) is 5.75. The fourth-order valence-electron chi connectivity index (χ4n) is 2.38. The van der Waals surface area contributed by atoms with E-state index in [9.17, 15) is 4.79 Å². The van der Waals surface area contributed by atoms with E-state index in [0.717, 1.165) is 31.4 Å². The van der Waals surface area contributed by atoms with Gasteiger partial charge in [-0.05, 0) is 37.0 Å². The van der Waals surface area contributed by atoms with Gasteiger partial charge in [0.2, 0.25) is 0 Å². The first kappa shape index (κ1) is 16.0. The summed E-state index contributed by atoms with van der Waals surface area (Å²) in [7, 11) is 0. The Morgan fingerprint density at radius 1 is 1.26 bits per heavy atom. The number of halogens is 1.